The Balaban J connectivity index is 1.45. The van der Waals surface area contributed by atoms with Gasteiger partial charge in [-0.05, 0) is 42.7 Å². The topological polar surface area (TPSA) is 48.4 Å². The molecule has 0 spiro atoms. The fourth-order valence-electron chi connectivity index (χ4n) is 3.13. The summed E-state index contributed by atoms with van der Waals surface area (Å²) in [6.45, 7) is 0. The predicted octanol–water partition coefficient (Wildman–Crippen LogP) is 5.44. The summed E-state index contributed by atoms with van der Waals surface area (Å²) in [5, 5.41) is 1.92. The largest absolute Gasteiger partial charge is 0.497 e. The van der Waals surface area contributed by atoms with Crippen LogP contribution in [0.2, 0.25) is 5.02 Å². The number of hydrogen-bond donors (Lipinski definition) is 0. The van der Waals surface area contributed by atoms with Crippen LogP contribution in [0.1, 0.15) is 23.4 Å². The summed E-state index contributed by atoms with van der Waals surface area (Å²) in [7, 11) is 1.64. The van der Waals surface area contributed by atoms with E-state index in [2.05, 4.69) is 4.98 Å². The first kappa shape index (κ1) is 18.0. The normalized spacial score (nSPS) is 14.6. The molecule has 1 aliphatic carbocycles. The molecule has 0 aliphatic heterocycles. The number of halogens is 1. The molecule has 0 radical (unpaired) electrons. The standard InChI is InChI=1S/C21H18ClNO3S/c1-25-15-8-6-14(7-9-15)21(10-11-21)18(24)12-19-23-13-20(27-19)26-17-5-3-2-4-16(17)22/h2-9,13H,10-12H2,1H3. The Bertz CT molecular complexity index is 964. The molecule has 1 aliphatic rings. The van der Waals surface area contributed by atoms with Crippen LogP contribution in [0.25, 0.3) is 0 Å². The summed E-state index contributed by atoms with van der Waals surface area (Å²) in [6.07, 6.45) is 3.71. The van der Waals surface area contributed by atoms with Crippen LogP contribution in [0.5, 0.6) is 16.6 Å². The van der Waals surface area contributed by atoms with E-state index in [1.54, 1.807) is 25.4 Å². The van der Waals surface area contributed by atoms with Gasteiger partial charge in [-0.2, -0.15) is 0 Å². The van der Waals surface area contributed by atoms with E-state index in [0.29, 0.717) is 22.3 Å². The first-order chi connectivity index (χ1) is 13.1. The van der Waals surface area contributed by atoms with Crippen molar-refractivity contribution in [2.24, 2.45) is 0 Å². The van der Waals surface area contributed by atoms with Gasteiger partial charge in [-0.15, -0.1) is 0 Å². The van der Waals surface area contributed by atoms with Gasteiger partial charge in [0.25, 0.3) is 0 Å². The van der Waals surface area contributed by atoms with Crippen LogP contribution >= 0.6 is 22.9 Å². The van der Waals surface area contributed by atoms with Crippen molar-refractivity contribution in [2.75, 3.05) is 7.11 Å². The van der Waals surface area contributed by atoms with Gasteiger partial charge >= 0.3 is 0 Å². The summed E-state index contributed by atoms with van der Waals surface area (Å²) in [5.74, 6) is 1.58. The van der Waals surface area contributed by atoms with E-state index < -0.39 is 0 Å². The molecule has 3 aromatic rings. The van der Waals surface area contributed by atoms with Crippen molar-refractivity contribution in [3.63, 3.8) is 0 Å². The molecule has 138 valence electrons. The lowest BCUT2D eigenvalue weighted by Crippen LogP contribution is -2.22. The monoisotopic (exact) mass is 399 g/mol. The number of carbonyl (C=O) groups is 1. The maximum absolute atomic E-state index is 12.9. The Hall–Kier alpha value is -2.37. The molecular weight excluding hydrogens is 382 g/mol. The molecule has 0 saturated heterocycles. The van der Waals surface area contributed by atoms with Gasteiger partial charge in [-0.25, -0.2) is 4.98 Å². The predicted molar refractivity (Wildman–Crippen MR) is 106 cm³/mol. The average molecular weight is 400 g/mol. The Morgan fingerprint density at radius 3 is 2.59 bits per heavy atom. The zero-order valence-electron chi connectivity index (χ0n) is 14.8. The van der Waals surface area contributed by atoms with Crippen molar-refractivity contribution in [1.82, 2.24) is 4.98 Å². The van der Waals surface area contributed by atoms with Gasteiger partial charge in [0.1, 0.15) is 22.3 Å². The van der Waals surface area contributed by atoms with Crippen molar-refractivity contribution >= 4 is 28.7 Å². The summed E-state index contributed by atoms with van der Waals surface area (Å²) < 4.78 is 11.0. The molecule has 1 heterocycles. The van der Waals surface area contributed by atoms with Gasteiger partial charge in [-0.3, -0.25) is 4.79 Å². The number of thiazole rings is 1. The van der Waals surface area contributed by atoms with Crippen molar-refractivity contribution in [2.45, 2.75) is 24.7 Å². The quantitative estimate of drug-likeness (QED) is 0.530. The fourth-order valence-corrected chi connectivity index (χ4v) is 4.08. The Kier molecular flexibility index (Phi) is 4.89. The molecule has 1 fully saturated rings. The number of hydrogen-bond acceptors (Lipinski definition) is 5. The second-order valence-electron chi connectivity index (χ2n) is 6.52. The molecule has 0 bridgehead atoms. The number of aromatic nitrogens is 1. The van der Waals surface area contributed by atoms with Crippen LogP contribution in [0.15, 0.2) is 54.7 Å². The molecular formula is C21H18ClNO3S. The van der Waals surface area contributed by atoms with Crippen molar-refractivity contribution < 1.29 is 14.3 Å². The third-order valence-corrected chi connectivity index (χ3v) is 6.01. The molecule has 4 nitrogen and oxygen atoms in total. The van der Waals surface area contributed by atoms with Gasteiger partial charge in [0.15, 0.2) is 0 Å². The van der Waals surface area contributed by atoms with Crippen LogP contribution in [0, 0.1) is 0 Å². The van der Waals surface area contributed by atoms with E-state index in [0.717, 1.165) is 29.2 Å². The molecule has 4 rings (SSSR count). The molecule has 0 amide bonds. The highest BCUT2D eigenvalue weighted by molar-refractivity contribution is 7.13. The number of benzene rings is 2. The minimum absolute atomic E-state index is 0.200. The summed E-state index contributed by atoms with van der Waals surface area (Å²) in [6, 6.07) is 15.1. The van der Waals surface area contributed by atoms with E-state index in [1.165, 1.54) is 11.3 Å². The zero-order chi connectivity index (χ0) is 18.9. The molecule has 0 N–H and O–H groups in total. The second-order valence-corrected chi connectivity index (χ2v) is 8.00. The Morgan fingerprint density at radius 2 is 1.93 bits per heavy atom. The van der Waals surface area contributed by atoms with Crippen LogP contribution in [0.3, 0.4) is 0 Å². The van der Waals surface area contributed by atoms with Crippen LogP contribution in [-0.4, -0.2) is 17.9 Å². The van der Waals surface area contributed by atoms with E-state index in [1.807, 2.05) is 36.4 Å². The maximum Gasteiger partial charge on any atom is 0.201 e. The number of para-hydroxylation sites is 1. The number of ketones is 1. The minimum atomic E-state index is -0.373. The van der Waals surface area contributed by atoms with Gasteiger partial charge in [-0.1, -0.05) is 47.2 Å². The molecule has 1 aromatic heterocycles. The fraction of sp³-hybridized carbons (Fsp3) is 0.238. The highest BCUT2D eigenvalue weighted by Crippen LogP contribution is 2.50. The SMILES string of the molecule is COc1ccc(C2(C(=O)Cc3ncc(Oc4ccccc4Cl)s3)CC2)cc1. The van der Waals surface area contributed by atoms with Gasteiger partial charge in [0, 0.05) is 0 Å². The number of Topliss-reactive ketones (excluding diaryl/α,β-unsaturated/α-hetero) is 1. The molecule has 27 heavy (non-hydrogen) atoms. The lowest BCUT2D eigenvalue weighted by atomic mass is 9.90. The van der Waals surface area contributed by atoms with Crippen molar-refractivity contribution in [3.8, 4) is 16.6 Å². The minimum Gasteiger partial charge on any atom is -0.497 e. The van der Waals surface area contributed by atoms with E-state index in [9.17, 15) is 4.79 Å². The maximum atomic E-state index is 12.9. The van der Waals surface area contributed by atoms with Crippen molar-refractivity contribution in [3.05, 3.63) is 70.3 Å². The third kappa shape index (κ3) is 3.70. The number of rotatable bonds is 7. The van der Waals surface area contributed by atoms with Crippen LogP contribution in [-0.2, 0) is 16.6 Å². The van der Waals surface area contributed by atoms with E-state index >= 15 is 0 Å². The van der Waals surface area contributed by atoms with E-state index in [-0.39, 0.29) is 11.2 Å². The summed E-state index contributed by atoms with van der Waals surface area (Å²) in [4.78, 5) is 17.3. The second kappa shape index (κ2) is 7.33. The summed E-state index contributed by atoms with van der Waals surface area (Å²) >= 11 is 7.50. The highest BCUT2D eigenvalue weighted by Gasteiger charge is 2.50. The molecule has 2 aromatic carbocycles. The van der Waals surface area contributed by atoms with Crippen molar-refractivity contribution in [1.29, 1.82) is 0 Å². The summed E-state index contributed by atoms with van der Waals surface area (Å²) in [5.41, 5.74) is 0.680. The highest BCUT2D eigenvalue weighted by atomic mass is 35.5. The average Bonchev–Trinajstić information content (AvgIpc) is 3.39. The number of ether oxygens (including phenoxy) is 2. The lowest BCUT2D eigenvalue weighted by Gasteiger charge is -2.14. The van der Waals surface area contributed by atoms with E-state index in [4.69, 9.17) is 21.1 Å². The van der Waals surface area contributed by atoms with Gasteiger partial charge in [0.05, 0.1) is 30.2 Å². The molecule has 0 atom stereocenters. The van der Waals surface area contributed by atoms with Gasteiger partial charge < -0.3 is 9.47 Å². The Morgan fingerprint density at radius 1 is 1.19 bits per heavy atom. The smallest absolute Gasteiger partial charge is 0.201 e. The number of carbonyl (C=O) groups excluding carboxylic acids is 1. The first-order valence-electron chi connectivity index (χ1n) is 8.66. The van der Waals surface area contributed by atoms with Gasteiger partial charge in [0.2, 0.25) is 5.06 Å². The number of nitrogens with zero attached hydrogens (tertiary/aromatic N) is 1. The third-order valence-electron chi connectivity index (χ3n) is 4.82. The number of methoxy groups -OCH3 is 1. The molecule has 1 saturated carbocycles. The van der Waals surface area contributed by atoms with Crippen LogP contribution in [0.4, 0.5) is 0 Å². The Labute approximate surface area is 166 Å². The molecule has 6 heteroatoms. The van der Waals surface area contributed by atoms with Crippen LogP contribution < -0.4 is 9.47 Å². The first-order valence-corrected chi connectivity index (χ1v) is 9.85. The zero-order valence-corrected chi connectivity index (χ0v) is 16.3. The lowest BCUT2D eigenvalue weighted by molar-refractivity contribution is -0.120. The molecule has 0 unspecified atom stereocenters.